The van der Waals surface area contributed by atoms with Gasteiger partial charge in [0.1, 0.15) is 11.3 Å². The lowest BCUT2D eigenvalue weighted by Crippen LogP contribution is -2.28. The van der Waals surface area contributed by atoms with Crippen LogP contribution in [0.4, 0.5) is 17.1 Å². The van der Waals surface area contributed by atoms with Crippen molar-refractivity contribution >= 4 is 59.5 Å². The van der Waals surface area contributed by atoms with Gasteiger partial charge in [-0.3, -0.25) is 0 Å². The van der Waals surface area contributed by atoms with Gasteiger partial charge in [-0.25, -0.2) is 0 Å². The summed E-state index contributed by atoms with van der Waals surface area (Å²) in [5.41, 5.74) is 16.9. The minimum Gasteiger partial charge on any atom is -0.455 e. The third kappa shape index (κ3) is 6.01. The normalized spacial score (nSPS) is 12.7. The molecule has 2 aromatic heterocycles. The van der Waals surface area contributed by atoms with Crippen molar-refractivity contribution in [3.8, 4) is 44.7 Å². The lowest BCUT2D eigenvalue weighted by Gasteiger charge is -2.34. The Morgan fingerprint density at radius 1 is 0.348 bits per heavy atom. The number of anilines is 3. The molecule has 0 bridgehead atoms. The molecule has 13 rings (SSSR count). The number of fused-ring (bicyclic) bond motifs is 7. The van der Waals surface area contributed by atoms with Crippen LogP contribution in [0, 0.1) is 0 Å². The molecule has 0 fully saturated rings. The van der Waals surface area contributed by atoms with Gasteiger partial charge in [0, 0.05) is 53.7 Å². The number of benzene rings is 10. The lowest BCUT2D eigenvalue weighted by molar-refractivity contribution is 0.632. The fourth-order valence-electron chi connectivity index (χ4n) is 10.6. The first-order valence-corrected chi connectivity index (χ1v) is 23.4. The van der Waals surface area contributed by atoms with Crippen molar-refractivity contribution in [1.29, 1.82) is 0 Å². The Morgan fingerprint density at radius 3 is 1.53 bits per heavy atom. The molecule has 0 unspecified atom stereocenters. The molecular formula is C63H41NOS. The molecule has 1 aliphatic rings. The number of furan rings is 1. The average molecular weight is 860 g/mol. The molecule has 0 atom stereocenters. The van der Waals surface area contributed by atoms with Gasteiger partial charge in [0.25, 0.3) is 0 Å². The minimum absolute atomic E-state index is 0.473. The highest BCUT2D eigenvalue weighted by Crippen LogP contribution is 2.56. The molecule has 310 valence electrons. The Bertz CT molecular complexity index is 3690. The third-order valence-electron chi connectivity index (χ3n) is 13.6. The first kappa shape index (κ1) is 38.2. The van der Waals surface area contributed by atoms with E-state index in [1.807, 2.05) is 17.4 Å². The second kappa shape index (κ2) is 15.5. The average Bonchev–Trinajstić information content (AvgIpc) is 4.06. The SMILES string of the molecule is c1ccc(-c2c(-c3ccc(N(c4ccc(-c5ccc6sc7ccccc7c6c5)cc4)c4ccc(C5(c6ccccc6)c6ccccc6-c6ccccc65)cc4)cc3)oc3ccccc23)cc1. The van der Waals surface area contributed by atoms with Crippen molar-refractivity contribution in [2.45, 2.75) is 5.41 Å². The van der Waals surface area contributed by atoms with Gasteiger partial charge < -0.3 is 9.32 Å². The standard InChI is InChI=1S/C63H41NOS/c1-3-15-43(16-4-1)61-54-22-9-13-25-58(54)65-62(61)44-29-36-49(37-30-44)64(48-34-27-42(28-35-48)45-31-40-60-55(41-45)53-21-10-14-26-59(53)66-60)50-38-32-47(33-39-50)63(46-17-5-2-6-18-46)56-23-11-7-19-51(56)52-20-8-12-24-57(52)63/h1-41H. The van der Waals surface area contributed by atoms with Gasteiger partial charge in [-0.2, -0.15) is 0 Å². The van der Waals surface area contributed by atoms with E-state index in [1.165, 1.54) is 64.7 Å². The zero-order valence-electron chi connectivity index (χ0n) is 35.9. The largest absolute Gasteiger partial charge is 0.455 e. The third-order valence-corrected chi connectivity index (χ3v) is 14.8. The van der Waals surface area contributed by atoms with Crippen LogP contribution >= 0.6 is 11.3 Å². The molecule has 0 N–H and O–H groups in total. The highest BCUT2D eigenvalue weighted by Gasteiger charge is 2.45. The molecule has 0 saturated carbocycles. The zero-order valence-corrected chi connectivity index (χ0v) is 36.8. The van der Waals surface area contributed by atoms with E-state index >= 15 is 0 Å². The van der Waals surface area contributed by atoms with Crippen molar-refractivity contribution in [3.05, 3.63) is 271 Å². The maximum Gasteiger partial charge on any atom is 0.143 e. The van der Waals surface area contributed by atoms with Crippen LogP contribution in [0.3, 0.4) is 0 Å². The summed E-state index contributed by atoms with van der Waals surface area (Å²) in [6.07, 6.45) is 0. The summed E-state index contributed by atoms with van der Waals surface area (Å²) in [5, 5.41) is 3.72. The van der Waals surface area contributed by atoms with Gasteiger partial charge in [-0.1, -0.05) is 176 Å². The maximum absolute atomic E-state index is 6.65. The van der Waals surface area contributed by atoms with Crippen molar-refractivity contribution in [3.63, 3.8) is 0 Å². The monoisotopic (exact) mass is 859 g/mol. The fourth-order valence-corrected chi connectivity index (χ4v) is 11.7. The van der Waals surface area contributed by atoms with Gasteiger partial charge in [0.15, 0.2) is 0 Å². The van der Waals surface area contributed by atoms with Crippen molar-refractivity contribution in [1.82, 2.24) is 0 Å². The Labute approximate surface area is 387 Å². The number of para-hydroxylation sites is 1. The van der Waals surface area contributed by atoms with E-state index in [1.54, 1.807) is 0 Å². The van der Waals surface area contributed by atoms with Crippen LogP contribution in [0.5, 0.6) is 0 Å². The van der Waals surface area contributed by atoms with E-state index in [-0.39, 0.29) is 0 Å². The molecule has 2 heterocycles. The summed E-state index contributed by atoms with van der Waals surface area (Å²) < 4.78 is 9.29. The molecular weight excluding hydrogens is 819 g/mol. The topological polar surface area (TPSA) is 16.4 Å². The molecule has 3 heteroatoms. The minimum atomic E-state index is -0.473. The lowest BCUT2D eigenvalue weighted by atomic mass is 9.68. The second-order valence-corrected chi connectivity index (χ2v) is 18.2. The molecule has 0 amide bonds. The molecule has 0 aliphatic heterocycles. The van der Waals surface area contributed by atoms with Crippen LogP contribution in [0.2, 0.25) is 0 Å². The van der Waals surface area contributed by atoms with Crippen LogP contribution in [-0.2, 0) is 5.41 Å². The summed E-state index contributed by atoms with van der Waals surface area (Å²) in [6, 6.07) is 90.5. The number of rotatable bonds is 8. The van der Waals surface area contributed by atoms with Crippen LogP contribution < -0.4 is 4.90 Å². The first-order valence-electron chi connectivity index (χ1n) is 22.6. The summed E-state index contributed by atoms with van der Waals surface area (Å²) in [6.45, 7) is 0. The molecule has 10 aromatic carbocycles. The van der Waals surface area contributed by atoms with E-state index in [4.69, 9.17) is 4.42 Å². The van der Waals surface area contributed by atoms with Gasteiger partial charge in [0.05, 0.1) is 5.41 Å². The quantitative estimate of drug-likeness (QED) is 0.151. The molecule has 1 aliphatic carbocycles. The number of hydrogen-bond acceptors (Lipinski definition) is 3. The first-order chi connectivity index (χ1) is 32.7. The predicted octanol–water partition coefficient (Wildman–Crippen LogP) is 17.6. The Balaban J connectivity index is 0.943. The smallest absolute Gasteiger partial charge is 0.143 e. The fraction of sp³-hybridized carbons (Fsp3) is 0.0159. The number of hydrogen-bond donors (Lipinski definition) is 0. The highest BCUT2D eigenvalue weighted by molar-refractivity contribution is 7.25. The Morgan fingerprint density at radius 2 is 0.848 bits per heavy atom. The number of nitrogens with zero attached hydrogens (tertiary/aromatic N) is 1. The van der Waals surface area contributed by atoms with E-state index in [0.29, 0.717) is 0 Å². The van der Waals surface area contributed by atoms with Crippen LogP contribution in [0.25, 0.3) is 75.8 Å². The molecule has 2 nitrogen and oxygen atoms in total. The van der Waals surface area contributed by atoms with Crippen LogP contribution in [-0.4, -0.2) is 0 Å². The molecule has 0 saturated heterocycles. The number of thiophene rings is 1. The van der Waals surface area contributed by atoms with Gasteiger partial charge in [0.2, 0.25) is 0 Å². The summed E-state index contributed by atoms with van der Waals surface area (Å²) in [7, 11) is 0. The Hall–Kier alpha value is -8.24. The van der Waals surface area contributed by atoms with Crippen molar-refractivity contribution in [2.24, 2.45) is 0 Å². The van der Waals surface area contributed by atoms with Gasteiger partial charge in [-0.05, 0) is 123 Å². The van der Waals surface area contributed by atoms with Gasteiger partial charge >= 0.3 is 0 Å². The zero-order chi connectivity index (χ0) is 43.6. The predicted molar refractivity (Wildman–Crippen MR) is 277 cm³/mol. The van der Waals surface area contributed by atoms with E-state index in [0.717, 1.165) is 50.5 Å². The summed E-state index contributed by atoms with van der Waals surface area (Å²) in [5.74, 6) is 0.868. The molecule has 0 radical (unpaired) electrons. The maximum atomic E-state index is 6.65. The van der Waals surface area contributed by atoms with E-state index in [9.17, 15) is 0 Å². The molecule has 12 aromatic rings. The summed E-state index contributed by atoms with van der Waals surface area (Å²) >= 11 is 1.86. The van der Waals surface area contributed by atoms with Crippen molar-refractivity contribution in [2.75, 3.05) is 4.90 Å². The molecule has 66 heavy (non-hydrogen) atoms. The van der Waals surface area contributed by atoms with Crippen LogP contribution in [0.15, 0.2) is 253 Å². The van der Waals surface area contributed by atoms with Crippen LogP contribution in [0.1, 0.15) is 22.3 Å². The highest BCUT2D eigenvalue weighted by atomic mass is 32.1. The molecule has 0 spiro atoms. The van der Waals surface area contributed by atoms with E-state index in [2.05, 4.69) is 248 Å². The van der Waals surface area contributed by atoms with Crippen molar-refractivity contribution < 1.29 is 4.42 Å². The van der Waals surface area contributed by atoms with E-state index < -0.39 is 5.41 Å². The Kier molecular flexibility index (Phi) is 8.97. The van der Waals surface area contributed by atoms with Gasteiger partial charge in [-0.15, -0.1) is 11.3 Å². The summed E-state index contributed by atoms with van der Waals surface area (Å²) in [4.78, 5) is 2.37. The second-order valence-electron chi connectivity index (χ2n) is 17.2.